The van der Waals surface area contributed by atoms with Crippen molar-refractivity contribution < 1.29 is 27.5 Å². The van der Waals surface area contributed by atoms with Crippen LogP contribution in [0.3, 0.4) is 0 Å². The second kappa shape index (κ2) is 8.83. The molecule has 1 aromatic rings. The van der Waals surface area contributed by atoms with Crippen LogP contribution in [0.1, 0.15) is 5.56 Å². The van der Waals surface area contributed by atoms with Crippen LogP contribution in [0, 0.1) is 0 Å². The van der Waals surface area contributed by atoms with Crippen LogP contribution in [0.15, 0.2) is 24.3 Å². The van der Waals surface area contributed by atoms with E-state index in [4.69, 9.17) is 0 Å². The van der Waals surface area contributed by atoms with Crippen molar-refractivity contribution in [3.63, 3.8) is 0 Å². The maximum atomic E-state index is 12.2. The van der Waals surface area contributed by atoms with Crippen molar-refractivity contribution in [1.82, 2.24) is 20.0 Å². The molecular weight excluding hydrogens is 365 g/mol. The summed E-state index contributed by atoms with van der Waals surface area (Å²) in [4.78, 5) is 28.9. The van der Waals surface area contributed by atoms with Crippen molar-refractivity contribution >= 4 is 12.1 Å². The number of halogens is 3. The van der Waals surface area contributed by atoms with Crippen LogP contribution in [0.2, 0.25) is 0 Å². The lowest BCUT2D eigenvalue weighted by molar-refractivity contribution is -0.274. The largest absolute Gasteiger partial charge is 0.573 e. The molecule has 10 heteroatoms. The van der Waals surface area contributed by atoms with Gasteiger partial charge in [-0.2, -0.15) is 0 Å². The molecule has 0 unspecified atom stereocenters. The van der Waals surface area contributed by atoms with E-state index in [0.29, 0.717) is 39.1 Å². The lowest BCUT2D eigenvalue weighted by Gasteiger charge is -2.35. The average molecular weight is 388 g/mol. The summed E-state index contributed by atoms with van der Waals surface area (Å²) >= 11 is 0. The first-order valence-corrected chi connectivity index (χ1v) is 8.49. The number of rotatable bonds is 4. The first-order chi connectivity index (χ1) is 12.7. The molecule has 1 N–H and O–H groups in total. The number of alkyl halides is 3. The van der Waals surface area contributed by atoms with Gasteiger partial charge < -0.3 is 24.8 Å². The zero-order valence-corrected chi connectivity index (χ0v) is 15.3. The normalized spacial score (nSPS) is 14.7. The number of carbonyl (C=O) groups excluding carboxylic acids is 2. The molecule has 0 bridgehead atoms. The first-order valence-electron chi connectivity index (χ1n) is 8.49. The summed E-state index contributed by atoms with van der Waals surface area (Å²) in [5, 5.41) is 2.78. The highest BCUT2D eigenvalue weighted by Crippen LogP contribution is 2.22. The minimum Gasteiger partial charge on any atom is -0.406 e. The molecule has 0 spiro atoms. The van der Waals surface area contributed by atoms with Crippen LogP contribution in [0.5, 0.6) is 5.75 Å². The fourth-order valence-corrected chi connectivity index (χ4v) is 2.67. The number of nitrogens with zero attached hydrogens (tertiary/aromatic N) is 3. The van der Waals surface area contributed by atoms with Gasteiger partial charge in [0, 0.05) is 46.8 Å². The highest BCUT2D eigenvalue weighted by atomic mass is 19.4. The van der Waals surface area contributed by atoms with E-state index in [1.165, 1.54) is 29.2 Å². The number of amides is 4. The van der Waals surface area contributed by atoms with Gasteiger partial charge in [0.2, 0.25) is 0 Å². The van der Waals surface area contributed by atoms with Gasteiger partial charge in [0.15, 0.2) is 0 Å². The number of piperazine rings is 1. The Morgan fingerprint density at radius 2 is 1.63 bits per heavy atom. The molecule has 1 aromatic carbocycles. The number of nitrogens with one attached hydrogen (secondary N) is 1. The molecule has 1 heterocycles. The van der Waals surface area contributed by atoms with Gasteiger partial charge in [-0.15, -0.1) is 13.2 Å². The predicted molar refractivity (Wildman–Crippen MR) is 92.5 cm³/mol. The van der Waals surface area contributed by atoms with Gasteiger partial charge in [0.25, 0.3) is 0 Å². The van der Waals surface area contributed by atoms with Crippen molar-refractivity contribution in [2.75, 3.05) is 46.8 Å². The fourth-order valence-electron chi connectivity index (χ4n) is 2.67. The SMILES string of the molecule is CN(C)C(=O)N1CCN(C(=O)NCCc2ccc(OC(F)(F)F)cc2)CC1. The highest BCUT2D eigenvalue weighted by molar-refractivity contribution is 5.76. The summed E-state index contributed by atoms with van der Waals surface area (Å²) in [5.41, 5.74) is 0.784. The van der Waals surface area contributed by atoms with Gasteiger partial charge in [-0.1, -0.05) is 12.1 Å². The average Bonchev–Trinajstić information content (AvgIpc) is 2.61. The Hall–Kier alpha value is -2.65. The third-order valence-electron chi connectivity index (χ3n) is 4.07. The minimum absolute atomic E-state index is 0.0759. The summed E-state index contributed by atoms with van der Waals surface area (Å²) in [6.07, 6.45) is -4.23. The number of hydrogen-bond donors (Lipinski definition) is 1. The molecule has 27 heavy (non-hydrogen) atoms. The summed E-state index contributed by atoms with van der Waals surface area (Å²) in [6, 6.07) is 5.24. The van der Waals surface area contributed by atoms with Gasteiger partial charge in [0.05, 0.1) is 0 Å². The summed E-state index contributed by atoms with van der Waals surface area (Å²) in [5.74, 6) is -0.277. The van der Waals surface area contributed by atoms with E-state index in [2.05, 4.69) is 10.1 Å². The fraction of sp³-hybridized carbons (Fsp3) is 0.529. The van der Waals surface area contributed by atoms with Gasteiger partial charge in [-0.3, -0.25) is 0 Å². The molecule has 0 radical (unpaired) electrons. The van der Waals surface area contributed by atoms with E-state index in [0.717, 1.165) is 5.56 Å². The number of benzene rings is 1. The maximum Gasteiger partial charge on any atom is 0.573 e. The van der Waals surface area contributed by atoms with Gasteiger partial charge in [0.1, 0.15) is 5.75 Å². The van der Waals surface area contributed by atoms with E-state index in [1.807, 2.05) is 0 Å². The number of ether oxygens (including phenoxy) is 1. The molecule has 1 saturated heterocycles. The highest BCUT2D eigenvalue weighted by Gasteiger charge is 2.31. The minimum atomic E-state index is -4.71. The summed E-state index contributed by atoms with van der Waals surface area (Å²) in [7, 11) is 3.37. The molecule has 150 valence electrons. The third-order valence-corrected chi connectivity index (χ3v) is 4.07. The molecule has 0 aromatic heterocycles. The number of hydrogen-bond acceptors (Lipinski definition) is 3. The molecule has 7 nitrogen and oxygen atoms in total. The Balaban J connectivity index is 1.71. The second-order valence-electron chi connectivity index (χ2n) is 6.32. The van der Waals surface area contributed by atoms with Crippen molar-refractivity contribution in [2.24, 2.45) is 0 Å². The molecule has 2 rings (SSSR count). The zero-order valence-electron chi connectivity index (χ0n) is 15.3. The third kappa shape index (κ3) is 6.54. The Morgan fingerprint density at radius 1 is 1.07 bits per heavy atom. The van der Waals surface area contributed by atoms with E-state index >= 15 is 0 Å². The van der Waals surface area contributed by atoms with E-state index in [9.17, 15) is 22.8 Å². The first kappa shape index (κ1) is 20.7. The lowest BCUT2D eigenvalue weighted by atomic mass is 10.1. The second-order valence-corrected chi connectivity index (χ2v) is 6.32. The van der Waals surface area contributed by atoms with E-state index in [1.54, 1.807) is 23.9 Å². The Kier molecular flexibility index (Phi) is 6.75. The van der Waals surface area contributed by atoms with Crippen LogP contribution in [0.25, 0.3) is 0 Å². The maximum absolute atomic E-state index is 12.2. The van der Waals surface area contributed by atoms with Crippen LogP contribution < -0.4 is 10.1 Å². The quantitative estimate of drug-likeness (QED) is 0.860. The Bertz CT molecular complexity index is 642. The molecular formula is C17H23F3N4O3. The van der Waals surface area contributed by atoms with Crippen molar-refractivity contribution in [3.8, 4) is 5.75 Å². The molecule has 4 amide bonds. The van der Waals surface area contributed by atoms with Crippen LogP contribution >= 0.6 is 0 Å². The Morgan fingerprint density at radius 3 is 2.15 bits per heavy atom. The summed E-state index contributed by atoms with van der Waals surface area (Å²) in [6.45, 7) is 2.22. The molecule has 0 saturated carbocycles. The van der Waals surface area contributed by atoms with Crippen LogP contribution in [0.4, 0.5) is 22.8 Å². The van der Waals surface area contributed by atoms with E-state index < -0.39 is 6.36 Å². The number of carbonyl (C=O) groups is 2. The van der Waals surface area contributed by atoms with E-state index in [-0.39, 0.29) is 17.8 Å². The smallest absolute Gasteiger partial charge is 0.406 e. The number of urea groups is 2. The molecule has 1 aliphatic rings. The molecule has 0 atom stereocenters. The molecule has 0 aliphatic carbocycles. The van der Waals surface area contributed by atoms with Crippen LogP contribution in [-0.2, 0) is 6.42 Å². The summed E-state index contributed by atoms with van der Waals surface area (Å²) < 4.78 is 40.2. The monoisotopic (exact) mass is 388 g/mol. The lowest BCUT2D eigenvalue weighted by Crippen LogP contribution is -2.55. The van der Waals surface area contributed by atoms with Crippen LogP contribution in [-0.4, -0.2) is 79.9 Å². The molecule has 1 aliphatic heterocycles. The standard InChI is InChI=1S/C17H23F3N4O3/c1-22(2)16(26)24-11-9-23(10-12-24)15(25)21-8-7-13-3-5-14(6-4-13)27-17(18,19)20/h3-6H,7-12H2,1-2H3,(H,21,25). The zero-order chi connectivity index (χ0) is 20.0. The van der Waals surface area contributed by atoms with Gasteiger partial charge >= 0.3 is 18.4 Å². The van der Waals surface area contributed by atoms with Gasteiger partial charge in [-0.25, -0.2) is 9.59 Å². The van der Waals surface area contributed by atoms with Crippen molar-refractivity contribution in [1.29, 1.82) is 0 Å². The predicted octanol–water partition coefficient (Wildman–Crippen LogP) is 2.14. The van der Waals surface area contributed by atoms with Gasteiger partial charge in [-0.05, 0) is 24.1 Å². The molecule has 1 fully saturated rings. The topological polar surface area (TPSA) is 65.1 Å². The van der Waals surface area contributed by atoms with Crippen molar-refractivity contribution in [3.05, 3.63) is 29.8 Å². The Labute approximate surface area is 155 Å². The van der Waals surface area contributed by atoms with Crippen molar-refractivity contribution in [2.45, 2.75) is 12.8 Å².